The summed E-state index contributed by atoms with van der Waals surface area (Å²) in [4.78, 5) is 4.46. The standard InChI is InChI=1S/C16H13BrN2O/c17-13-3-1-2-11(8-13)10-20-16-7-4-12-9-14(18)5-6-15(12)19-16/h1-9H,10,18H2. The first-order valence-corrected chi connectivity index (χ1v) is 7.03. The van der Waals surface area contributed by atoms with Gasteiger partial charge in [-0.1, -0.05) is 28.1 Å². The van der Waals surface area contributed by atoms with Crippen molar-refractivity contribution in [2.45, 2.75) is 6.61 Å². The molecule has 0 radical (unpaired) electrons. The van der Waals surface area contributed by atoms with Gasteiger partial charge >= 0.3 is 0 Å². The highest BCUT2D eigenvalue weighted by Crippen LogP contribution is 2.20. The third kappa shape index (κ3) is 2.91. The van der Waals surface area contributed by atoms with Crippen molar-refractivity contribution >= 4 is 32.5 Å². The van der Waals surface area contributed by atoms with Crippen molar-refractivity contribution in [2.75, 3.05) is 5.73 Å². The summed E-state index contributed by atoms with van der Waals surface area (Å²) in [6.45, 7) is 0.493. The molecule has 20 heavy (non-hydrogen) atoms. The molecule has 3 aromatic rings. The number of rotatable bonds is 3. The SMILES string of the molecule is Nc1ccc2nc(OCc3cccc(Br)c3)ccc2c1. The normalized spacial score (nSPS) is 10.7. The molecular formula is C16H13BrN2O. The van der Waals surface area contributed by atoms with Crippen LogP contribution in [0.5, 0.6) is 5.88 Å². The Kier molecular flexibility index (Phi) is 3.56. The Bertz CT molecular complexity index is 758. The fraction of sp³-hybridized carbons (Fsp3) is 0.0625. The average molecular weight is 329 g/mol. The number of nitrogen functional groups attached to an aromatic ring is 1. The minimum absolute atomic E-state index is 0.493. The van der Waals surface area contributed by atoms with E-state index in [4.69, 9.17) is 10.5 Å². The molecule has 0 aliphatic heterocycles. The highest BCUT2D eigenvalue weighted by molar-refractivity contribution is 9.10. The van der Waals surface area contributed by atoms with Crippen molar-refractivity contribution in [3.05, 3.63) is 64.6 Å². The molecule has 100 valence electrons. The summed E-state index contributed by atoms with van der Waals surface area (Å²) < 4.78 is 6.76. The Balaban J connectivity index is 1.79. The third-order valence-electron chi connectivity index (χ3n) is 2.96. The Hall–Kier alpha value is -2.07. The van der Waals surface area contributed by atoms with Gasteiger partial charge in [0.2, 0.25) is 5.88 Å². The molecular weight excluding hydrogens is 316 g/mol. The Morgan fingerprint density at radius 2 is 1.95 bits per heavy atom. The number of anilines is 1. The summed E-state index contributed by atoms with van der Waals surface area (Å²) >= 11 is 3.44. The summed E-state index contributed by atoms with van der Waals surface area (Å²) in [5.74, 6) is 0.613. The molecule has 0 aliphatic rings. The molecule has 0 unspecified atom stereocenters. The molecule has 2 N–H and O–H groups in total. The summed E-state index contributed by atoms with van der Waals surface area (Å²) in [6, 6.07) is 17.5. The molecule has 1 heterocycles. The van der Waals surface area contributed by atoms with E-state index in [1.54, 1.807) is 0 Å². The molecule has 0 fully saturated rings. The van der Waals surface area contributed by atoms with Crippen molar-refractivity contribution in [3.63, 3.8) is 0 Å². The second-order valence-corrected chi connectivity index (χ2v) is 5.44. The maximum absolute atomic E-state index is 5.75. The van der Waals surface area contributed by atoms with Crippen LogP contribution >= 0.6 is 15.9 Å². The zero-order valence-electron chi connectivity index (χ0n) is 10.7. The highest BCUT2D eigenvalue weighted by Gasteiger charge is 2.01. The molecule has 0 saturated heterocycles. The minimum atomic E-state index is 0.493. The zero-order chi connectivity index (χ0) is 13.9. The van der Waals surface area contributed by atoms with Gasteiger partial charge < -0.3 is 10.5 Å². The number of aromatic nitrogens is 1. The zero-order valence-corrected chi connectivity index (χ0v) is 12.3. The number of hydrogen-bond donors (Lipinski definition) is 1. The lowest BCUT2D eigenvalue weighted by Crippen LogP contribution is -1.97. The van der Waals surface area contributed by atoms with Crippen molar-refractivity contribution in [2.24, 2.45) is 0 Å². The van der Waals surface area contributed by atoms with Gasteiger partial charge in [-0.2, -0.15) is 0 Å². The number of pyridine rings is 1. The summed E-state index contributed by atoms with van der Waals surface area (Å²) in [7, 11) is 0. The van der Waals surface area contributed by atoms with Gasteiger partial charge in [-0.05, 0) is 42.0 Å². The van der Waals surface area contributed by atoms with E-state index in [0.717, 1.165) is 26.6 Å². The topological polar surface area (TPSA) is 48.1 Å². The number of halogens is 1. The second kappa shape index (κ2) is 5.51. The molecule has 0 bridgehead atoms. The number of nitrogens with zero attached hydrogens (tertiary/aromatic N) is 1. The Morgan fingerprint density at radius 1 is 1.05 bits per heavy atom. The van der Waals surface area contributed by atoms with Crippen LogP contribution in [0.4, 0.5) is 5.69 Å². The van der Waals surface area contributed by atoms with Crippen LogP contribution in [0.25, 0.3) is 10.9 Å². The molecule has 1 aromatic heterocycles. The van der Waals surface area contributed by atoms with Gasteiger partial charge in [0.1, 0.15) is 6.61 Å². The maximum atomic E-state index is 5.75. The molecule has 0 spiro atoms. The molecule has 0 amide bonds. The van der Waals surface area contributed by atoms with Crippen LogP contribution < -0.4 is 10.5 Å². The van der Waals surface area contributed by atoms with Crippen LogP contribution in [0.15, 0.2) is 59.1 Å². The summed E-state index contributed by atoms with van der Waals surface area (Å²) in [5.41, 5.74) is 8.46. The molecule has 0 saturated carbocycles. The average Bonchev–Trinajstić information content (AvgIpc) is 2.45. The molecule has 0 aliphatic carbocycles. The van der Waals surface area contributed by atoms with Gasteiger partial charge in [0.15, 0.2) is 0 Å². The molecule has 0 atom stereocenters. The molecule has 3 rings (SSSR count). The van der Waals surface area contributed by atoms with E-state index in [1.165, 1.54) is 0 Å². The van der Waals surface area contributed by atoms with Crippen LogP contribution in [-0.2, 0) is 6.61 Å². The number of benzene rings is 2. The van der Waals surface area contributed by atoms with Crippen molar-refractivity contribution in [1.82, 2.24) is 4.98 Å². The lowest BCUT2D eigenvalue weighted by atomic mass is 10.2. The quantitative estimate of drug-likeness (QED) is 0.734. The first kappa shape index (κ1) is 12.9. The van der Waals surface area contributed by atoms with E-state index < -0.39 is 0 Å². The van der Waals surface area contributed by atoms with Crippen LogP contribution in [0.1, 0.15) is 5.56 Å². The lowest BCUT2D eigenvalue weighted by Gasteiger charge is -2.07. The van der Waals surface area contributed by atoms with Gasteiger partial charge in [0.05, 0.1) is 5.52 Å². The fourth-order valence-electron chi connectivity index (χ4n) is 1.99. The summed E-state index contributed by atoms with van der Waals surface area (Å²) in [5, 5.41) is 1.01. The van der Waals surface area contributed by atoms with Gasteiger partial charge in [-0.25, -0.2) is 4.98 Å². The predicted octanol–water partition coefficient (Wildman–Crippen LogP) is 4.16. The van der Waals surface area contributed by atoms with E-state index in [2.05, 4.69) is 20.9 Å². The smallest absolute Gasteiger partial charge is 0.214 e. The van der Waals surface area contributed by atoms with Crippen molar-refractivity contribution in [1.29, 1.82) is 0 Å². The first-order chi connectivity index (χ1) is 9.70. The van der Waals surface area contributed by atoms with Crippen LogP contribution in [0, 0.1) is 0 Å². The Morgan fingerprint density at radius 3 is 2.80 bits per heavy atom. The number of nitrogens with two attached hydrogens (primary N) is 1. The lowest BCUT2D eigenvalue weighted by molar-refractivity contribution is 0.295. The van der Waals surface area contributed by atoms with Crippen molar-refractivity contribution in [3.8, 4) is 5.88 Å². The molecule has 4 heteroatoms. The first-order valence-electron chi connectivity index (χ1n) is 6.24. The van der Waals surface area contributed by atoms with Crippen molar-refractivity contribution < 1.29 is 4.74 Å². The van der Waals surface area contributed by atoms with Gasteiger partial charge in [-0.15, -0.1) is 0 Å². The van der Waals surface area contributed by atoms with Crippen LogP contribution in [0.2, 0.25) is 0 Å². The van der Waals surface area contributed by atoms with Gasteiger partial charge in [0, 0.05) is 21.6 Å². The predicted molar refractivity (Wildman–Crippen MR) is 84.6 cm³/mol. The van der Waals surface area contributed by atoms with Crippen LogP contribution in [0.3, 0.4) is 0 Å². The Labute approximate surface area is 125 Å². The molecule has 2 aromatic carbocycles. The highest BCUT2D eigenvalue weighted by atomic mass is 79.9. The third-order valence-corrected chi connectivity index (χ3v) is 3.46. The largest absolute Gasteiger partial charge is 0.473 e. The molecule has 3 nitrogen and oxygen atoms in total. The van der Waals surface area contributed by atoms with Gasteiger partial charge in [-0.3, -0.25) is 0 Å². The fourth-order valence-corrected chi connectivity index (χ4v) is 2.44. The van der Waals surface area contributed by atoms with Gasteiger partial charge in [0.25, 0.3) is 0 Å². The van der Waals surface area contributed by atoms with E-state index in [-0.39, 0.29) is 0 Å². The van der Waals surface area contributed by atoms with Crippen LogP contribution in [-0.4, -0.2) is 4.98 Å². The van der Waals surface area contributed by atoms with E-state index in [0.29, 0.717) is 12.5 Å². The van der Waals surface area contributed by atoms with E-state index >= 15 is 0 Å². The number of ether oxygens (including phenoxy) is 1. The number of fused-ring (bicyclic) bond motifs is 1. The number of hydrogen-bond acceptors (Lipinski definition) is 3. The minimum Gasteiger partial charge on any atom is -0.473 e. The van der Waals surface area contributed by atoms with E-state index in [1.807, 2.05) is 54.6 Å². The second-order valence-electron chi connectivity index (χ2n) is 4.52. The monoisotopic (exact) mass is 328 g/mol. The summed E-state index contributed by atoms with van der Waals surface area (Å²) in [6.07, 6.45) is 0. The van der Waals surface area contributed by atoms with E-state index in [9.17, 15) is 0 Å². The maximum Gasteiger partial charge on any atom is 0.214 e.